The molecule has 0 amide bonds. The lowest BCUT2D eigenvalue weighted by Gasteiger charge is -2.42. The number of aliphatic hydroxyl groups is 1. The Morgan fingerprint density at radius 1 is 1.10 bits per heavy atom. The van der Waals surface area contributed by atoms with Gasteiger partial charge in [0.25, 0.3) is 0 Å². The summed E-state index contributed by atoms with van der Waals surface area (Å²) in [6.45, 7) is 3.66. The van der Waals surface area contributed by atoms with Gasteiger partial charge in [-0.1, -0.05) is 36.8 Å². The largest absolute Gasteiger partial charge is 0.377 e. The number of benzene rings is 1. The van der Waals surface area contributed by atoms with Crippen molar-refractivity contribution >= 4 is 0 Å². The van der Waals surface area contributed by atoms with E-state index in [9.17, 15) is 10.3 Å². The third-order valence-corrected chi connectivity index (χ3v) is 4.39. The number of likely N-dealkylation sites (tertiary alicyclic amines) is 1. The van der Waals surface area contributed by atoms with Crippen LogP contribution in [-0.2, 0) is 5.60 Å². The Morgan fingerprint density at radius 3 is 2.40 bits per heavy atom. The van der Waals surface area contributed by atoms with Gasteiger partial charge < -0.3 is 5.11 Å². The summed E-state index contributed by atoms with van der Waals surface area (Å²) >= 11 is 0. The zero-order chi connectivity index (χ0) is 14.2. The van der Waals surface area contributed by atoms with E-state index in [0.29, 0.717) is 5.70 Å². The van der Waals surface area contributed by atoms with Crippen LogP contribution in [-0.4, -0.2) is 39.5 Å². The van der Waals surface area contributed by atoms with Crippen molar-refractivity contribution in [2.24, 2.45) is 0 Å². The molecule has 2 heterocycles. The van der Waals surface area contributed by atoms with E-state index in [1.165, 1.54) is 11.5 Å². The highest BCUT2D eigenvalue weighted by Gasteiger charge is 2.48. The van der Waals surface area contributed by atoms with E-state index in [1.54, 1.807) is 6.08 Å². The number of hydrogen-bond donors (Lipinski definition) is 2. The third kappa shape index (κ3) is 2.14. The molecule has 2 aliphatic rings. The Morgan fingerprint density at radius 2 is 1.75 bits per heavy atom. The SMILES string of the molecule is CC1=C[C@](O)(c2ccccc2)[C@@H](N2CCCCC2)N1O. The van der Waals surface area contributed by atoms with Gasteiger partial charge in [-0.25, -0.2) is 5.06 Å². The fraction of sp³-hybridized carbons (Fsp3) is 0.500. The average molecular weight is 274 g/mol. The van der Waals surface area contributed by atoms with Gasteiger partial charge in [-0.2, -0.15) is 0 Å². The number of piperidine rings is 1. The molecular weight excluding hydrogens is 252 g/mol. The Balaban J connectivity index is 1.98. The highest BCUT2D eigenvalue weighted by Crippen LogP contribution is 2.40. The molecule has 0 bridgehead atoms. The van der Waals surface area contributed by atoms with Gasteiger partial charge in [0.15, 0.2) is 0 Å². The number of hydroxylamine groups is 2. The van der Waals surface area contributed by atoms with E-state index in [4.69, 9.17) is 0 Å². The van der Waals surface area contributed by atoms with E-state index >= 15 is 0 Å². The number of nitrogens with zero attached hydrogens (tertiary/aromatic N) is 2. The van der Waals surface area contributed by atoms with Crippen molar-refractivity contribution in [3.63, 3.8) is 0 Å². The smallest absolute Gasteiger partial charge is 0.146 e. The van der Waals surface area contributed by atoms with Crippen LogP contribution in [0.2, 0.25) is 0 Å². The summed E-state index contributed by atoms with van der Waals surface area (Å²) < 4.78 is 0. The molecule has 20 heavy (non-hydrogen) atoms. The van der Waals surface area contributed by atoms with Crippen LogP contribution in [0.25, 0.3) is 0 Å². The monoisotopic (exact) mass is 274 g/mol. The first-order valence-corrected chi connectivity index (χ1v) is 7.32. The predicted molar refractivity (Wildman–Crippen MR) is 76.9 cm³/mol. The van der Waals surface area contributed by atoms with Crippen molar-refractivity contribution in [1.82, 2.24) is 9.96 Å². The van der Waals surface area contributed by atoms with Crippen LogP contribution < -0.4 is 0 Å². The molecule has 1 fully saturated rings. The Labute approximate surface area is 119 Å². The lowest BCUT2D eigenvalue weighted by Crippen LogP contribution is -2.55. The molecule has 1 aromatic carbocycles. The second-order valence-electron chi connectivity index (χ2n) is 5.79. The van der Waals surface area contributed by atoms with Crippen LogP contribution in [0.15, 0.2) is 42.1 Å². The first-order chi connectivity index (χ1) is 9.63. The van der Waals surface area contributed by atoms with Crippen LogP contribution in [0.4, 0.5) is 0 Å². The molecule has 0 aromatic heterocycles. The zero-order valence-electron chi connectivity index (χ0n) is 11.9. The summed E-state index contributed by atoms with van der Waals surface area (Å²) in [6.07, 6.45) is 4.81. The highest BCUT2D eigenvalue weighted by molar-refractivity contribution is 5.34. The first-order valence-electron chi connectivity index (χ1n) is 7.32. The van der Waals surface area contributed by atoms with Crippen LogP contribution in [0.5, 0.6) is 0 Å². The molecule has 3 rings (SSSR count). The lowest BCUT2D eigenvalue weighted by atomic mass is 9.90. The summed E-state index contributed by atoms with van der Waals surface area (Å²) in [6, 6.07) is 9.61. The molecule has 1 saturated heterocycles. The van der Waals surface area contributed by atoms with E-state index in [0.717, 1.165) is 31.5 Å². The number of allylic oxidation sites excluding steroid dienone is 1. The third-order valence-electron chi connectivity index (χ3n) is 4.39. The summed E-state index contributed by atoms with van der Waals surface area (Å²) in [5, 5.41) is 22.8. The highest BCUT2D eigenvalue weighted by atomic mass is 16.5. The van der Waals surface area contributed by atoms with E-state index < -0.39 is 11.8 Å². The summed E-state index contributed by atoms with van der Waals surface area (Å²) in [4.78, 5) is 2.18. The molecular formula is C16H22N2O2. The maximum absolute atomic E-state index is 11.2. The lowest BCUT2D eigenvalue weighted by molar-refractivity contribution is -0.187. The zero-order valence-corrected chi connectivity index (χ0v) is 11.9. The molecule has 0 aliphatic carbocycles. The molecule has 4 nitrogen and oxygen atoms in total. The minimum absolute atomic E-state index is 0.426. The molecule has 108 valence electrons. The minimum atomic E-state index is -1.16. The van der Waals surface area contributed by atoms with Crippen molar-refractivity contribution in [1.29, 1.82) is 0 Å². The van der Waals surface area contributed by atoms with E-state index in [1.807, 2.05) is 37.3 Å². The van der Waals surface area contributed by atoms with Gasteiger partial charge in [0, 0.05) is 18.8 Å². The van der Waals surface area contributed by atoms with Crippen LogP contribution in [0, 0.1) is 0 Å². The summed E-state index contributed by atoms with van der Waals surface area (Å²) in [5.74, 6) is 0. The second kappa shape index (κ2) is 5.20. The number of rotatable bonds is 2. The summed E-state index contributed by atoms with van der Waals surface area (Å²) in [5.41, 5.74) is 0.371. The van der Waals surface area contributed by atoms with Gasteiger partial charge >= 0.3 is 0 Å². The average Bonchev–Trinajstić information content (AvgIpc) is 2.72. The first kappa shape index (κ1) is 13.6. The maximum atomic E-state index is 11.2. The van der Waals surface area contributed by atoms with Gasteiger partial charge in [0.05, 0.1) is 0 Å². The second-order valence-corrected chi connectivity index (χ2v) is 5.79. The standard InChI is InChI=1S/C16H22N2O2/c1-13-12-16(19,14-8-4-2-5-9-14)15(18(13)20)17-10-6-3-7-11-17/h2,4-5,8-9,12,15,19-20H,3,6-7,10-11H2,1H3/t15-,16-/m0/s1. The van der Waals surface area contributed by atoms with Crippen molar-refractivity contribution in [2.75, 3.05) is 13.1 Å². The van der Waals surface area contributed by atoms with Crippen LogP contribution in [0.1, 0.15) is 31.7 Å². The van der Waals surface area contributed by atoms with Gasteiger partial charge in [-0.05, 0) is 31.4 Å². The normalized spacial score (nSPS) is 31.4. The fourth-order valence-corrected chi connectivity index (χ4v) is 3.37. The molecule has 2 atom stereocenters. The molecule has 2 N–H and O–H groups in total. The molecule has 2 aliphatic heterocycles. The van der Waals surface area contributed by atoms with Crippen LogP contribution >= 0.6 is 0 Å². The van der Waals surface area contributed by atoms with Crippen LogP contribution in [0.3, 0.4) is 0 Å². The van der Waals surface area contributed by atoms with Crippen molar-refractivity contribution in [3.8, 4) is 0 Å². The van der Waals surface area contributed by atoms with Crippen molar-refractivity contribution in [3.05, 3.63) is 47.7 Å². The Kier molecular flexibility index (Phi) is 3.54. The molecule has 0 unspecified atom stereocenters. The fourth-order valence-electron chi connectivity index (χ4n) is 3.37. The minimum Gasteiger partial charge on any atom is -0.377 e. The van der Waals surface area contributed by atoms with Crippen molar-refractivity contribution in [2.45, 2.75) is 38.0 Å². The van der Waals surface area contributed by atoms with E-state index in [2.05, 4.69) is 4.90 Å². The molecule has 0 saturated carbocycles. The van der Waals surface area contributed by atoms with Gasteiger partial charge in [-0.3, -0.25) is 10.1 Å². The number of hydrogen-bond acceptors (Lipinski definition) is 4. The van der Waals surface area contributed by atoms with Gasteiger partial charge in [0.2, 0.25) is 0 Å². The maximum Gasteiger partial charge on any atom is 0.146 e. The molecule has 0 spiro atoms. The Hall–Kier alpha value is -1.36. The molecule has 1 aromatic rings. The van der Waals surface area contributed by atoms with Gasteiger partial charge in [-0.15, -0.1) is 0 Å². The predicted octanol–water partition coefficient (Wildman–Crippen LogP) is 2.29. The topological polar surface area (TPSA) is 46.9 Å². The van der Waals surface area contributed by atoms with E-state index in [-0.39, 0.29) is 0 Å². The quantitative estimate of drug-likeness (QED) is 0.868. The van der Waals surface area contributed by atoms with Gasteiger partial charge in [0.1, 0.15) is 11.8 Å². The molecule has 0 radical (unpaired) electrons. The Bertz CT molecular complexity index is 496. The summed E-state index contributed by atoms with van der Waals surface area (Å²) in [7, 11) is 0. The van der Waals surface area contributed by atoms with Crippen molar-refractivity contribution < 1.29 is 10.3 Å². The molecule has 4 heteroatoms.